The molecule has 26 heavy (non-hydrogen) atoms. The Bertz CT molecular complexity index is 819. The van der Waals surface area contributed by atoms with Crippen LogP contribution < -0.4 is 24.8 Å². The van der Waals surface area contributed by atoms with E-state index in [2.05, 4.69) is 61.5 Å². The zero-order valence-electron chi connectivity index (χ0n) is 14.2. The second kappa shape index (κ2) is 11.9. The first-order valence-corrected chi connectivity index (χ1v) is 7.70. The molecule has 0 bridgehead atoms. The van der Waals surface area contributed by atoms with Crippen molar-refractivity contribution in [2.45, 2.75) is 5.92 Å². The van der Waals surface area contributed by atoms with Gasteiger partial charge in [0.2, 0.25) is 0 Å². The van der Waals surface area contributed by atoms with Crippen molar-refractivity contribution in [3.05, 3.63) is 120 Å². The Morgan fingerprint density at radius 1 is 0.692 bits per heavy atom. The molecule has 0 amide bonds. The molecule has 1 aliphatic rings. The van der Waals surface area contributed by atoms with E-state index in [9.17, 15) is 0 Å². The molecular weight excluding hydrogens is 397 g/mol. The third kappa shape index (κ3) is 5.97. The van der Waals surface area contributed by atoms with Crippen LogP contribution in [0.25, 0.3) is 11.8 Å². The van der Waals surface area contributed by atoms with Crippen molar-refractivity contribution in [2.24, 2.45) is 0 Å². The monoisotopic (exact) mass is 415 g/mol. The molecule has 0 fully saturated rings. The largest absolute Gasteiger partial charge is 2.00 e. The zero-order valence-corrected chi connectivity index (χ0v) is 17.3. The van der Waals surface area contributed by atoms with E-state index in [1.54, 1.807) is 12.1 Å². The summed E-state index contributed by atoms with van der Waals surface area (Å²) in [5, 5.41) is 0. The molecule has 1 unspecified atom stereocenters. The molecule has 132 valence electrons. The summed E-state index contributed by atoms with van der Waals surface area (Å²) in [6, 6.07) is 26.0. The second-order valence-electron chi connectivity index (χ2n) is 5.53. The molecule has 4 heteroatoms. The summed E-state index contributed by atoms with van der Waals surface area (Å²) in [5.41, 5.74) is 12.7. The number of hydrogen-bond donors (Lipinski definition) is 0. The van der Waals surface area contributed by atoms with Crippen LogP contribution in [0.2, 0.25) is 0 Å². The smallest absolute Gasteiger partial charge is 1.00 e. The number of benzene rings is 3. The normalized spacial score (nSPS) is 13.0. The summed E-state index contributed by atoms with van der Waals surface area (Å²) in [5.74, 6) is 0.380. The van der Waals surface area contributed by atoms with Gasteiger partial charge in [0.25, 0.3) is 0 Å². The third-order valence-corrected chi connectivity index (χ3v) is 3.96. The van der Waals surface area contributed by atoms with Crippen LogP contribution in [0.15, 0.2) is 84.9 Å². The summed E-state index contributed by atoms with van der Waals surface area (Å²) in [6.07, 6.45) is 4.46. The maximum Gasteiger partial charge on any atom is 2.00 e. The molecule has 1 aliphatic carbocycles. The van der Waals surface area contributed by atoms with Crippen LogP contribution >= 0.6 is 0 Å². The minimum atomic E-state index is 0. The fourth-order valence-corrected chi connectivity index (χ4v) is 2.80. The molecule has 3 aromatic rings. The summed E-state index contributed by atoms with van der Waals surface area (Å²) < 4.78 is 0. The maximum atomic E-state index is 7.00. The molecule has 4 rings (SSSR count). The van der Waals surface area contributed by atoms with Crippen molar-refractivity contribution in [3.8, 4) is 0 Å². The van der Waals surface area contributed by atoms with Crippen LogP contribution in [-0.4, -0.2) is 0 Å². The number of fused-ring (bicyclic) bond motifs is 1. The van der Waals surface area contributed by atoms with Crippen molar-refractivity contribution in [3.63, 3.8) is 0 Å². The van der Waals surface area contributed by atoms with E-state index < -0.39 is 0 Å². The summed E-state index contributed by atoms with van der Waals surface area (Å²) in [6.45, 7) is 4.10. The fourth-order valence-electron chi connectivity index (χ4n) is 2.80. The van der Waals surface area contributed by atoms with Crippen molar-refractivity contribution < 1.29 is 46.5 Å². The van der Waals surface area contributed by atoms with Gasteiger partial charge in [-0.2, -0.15) is 18.6 Å². The van der Waals surface area contributed by atoms with Gasteiger partial charge < -0.3 is 30.5 Å². The third-order valence-electron chi connectivity index (χ3n) is 3.96. The number of nitrogens with one attached hydrogen (secondary N) is 1. The quantitative estimate of drug-likeness (QED) is 0.406. The summed E-state index contributed by atoms with van der Waals surface area (Å²) in [4.78, 5) is 0. The van der Waals surface area contributed by atoms with Crippen molar-refractivity contribution in [2.75, 3.05) is 0 Å². The first-order valence-electron chi connectivity index (χ1n) is 7.70. The summed E-state index contributed by atoms with van der Waals surface area (Å²) >= 11 is 0. The number of allylic oxidation sites excluding steroid dienone is 1. The van der Waals surface area contributed by atoms with Gasteiger partial charge >= 0.3 is 21.7 Å². The van der Waals surface area contributed by atoms with Gasteiger partial charge in [0, 0.05) is 0 Å². The molecule has 0 heterocycles. The average Bonchev–Trinajstić information content (AvgIpc) is 3.01. The van der Waals surface area contributed by atoms with E-state index in [0.717, 1.165) is 5.56 Å². The van der Waals surface area contributed by atoms with E-state index in [1.807, 2.05) is 24.3 Å². The van der Waals surface area contributed by atoms with Gasteiger partial charge in [0.05, 0.1) is 0 Å². The summed E-state index contributed by atoms with van der Waals surface area (Å²) in [7, 11) is 0. The topological polar surface area (TPSA) is 23.8 Å². The van der Waals surface area contributed by atoms with Gasteiger partial charge in [-0.25, -0.2) is 0 Å². The van der Waals surface area contributed by atoms with Gasteiger partial charge in [-0.15, -0.1) is 23.4 Å². The van der Waals surface area contributed by atoms with E-state index in [-0.39, 0.29) is 46.5 Å². The molecule has 1 nitrogen and oxygen atoms in total. The maximum absolute atomic E-state index is 7.00. The van der Waals surface area contributed by atoms with E-state index in [1.165, 1.54) is 16.7 Å². The SMILES string of the molecule is [CH2-]c1ccccc1C1C=Cc2ccccc21.[Cl-].[Cl-].[NH-]c1ccccc1.[Ti+2]. The second-order valence-corrected chi connectivity index (χ2v) is 5.53. The van der Waals surface area contributed by atoms with Gasteiger partial charge in [-0.1, -0.05) is 72.8 Å². The molecule has 0 radical (unpaired) electrons. The van der Waals surface area contributed by atoms with Crippen molar-refractivity contribution in [1.29, 1.82) is 0 Å². The Hall–Kier alpha value is -1.64. The van der Waals surface area contributed by atoms with Crippen molar-refractivity contribution >= 4 is 11.8 Å². The van der Waals surface area contributed by atoms with Crippen LogP contribution in [0.1, 0.15) is 28.2 Å². The van der Waals surface area contributed by atoms with Crippen molar-refractivity contribution in [1.82, 2.24) is 0 Å². The zero-order chi connectivity index (χ0) is 16.1. The van der Waals surface area contributed by atoms with E-state index in [4.69, 9.17) is 5.73 Å². The first-order chi connectivity index (χ1) is 11.3. The molecule has 1 atom stereocenters. The molecule has 0 saturated heterocycles. The Labute approximate surface area is 183 Å². The van der Waals surface area contributed by atoms with E-state index in [0.29, 0.717) is 11.6 Å². The number of halogens is 2. The van der Waals surface area contributed by atoms with Crippen LogP contribution in [0.3, 0.4) is 0 Å². The number of hydrogen-bond acceptors (Lipinski definition) is 0. The molecule has 0 aliphatic heterocycles. The van der Waals surface area contributed by atoms with Crippen LogP contribution in [-0.2, 0) is 21.7 Å². The van der Waals surface area contributed by atoms with Gasteiger partial charge in [0.1, 0.15) is 0 Å². The predicted molar refractivity (Wildman–Crippen MR) is 98.6 cm³/mol. The first kappa shape index (κ1) is 24.4. The minimum absolute atomic E-state index is 0. The predicted octanol–water partition coefficient (Wildman–Crippen LogP) is 0.403. The molecule has 1 N–H and O–H groups in total. The standard InChI is InChI=1S/C16H13.C6H6N.2ClH.Ti/c1-12-6-2-4-8-14(12)16-11-10-13-7-3-5-9-15(13)16;7-6-4-2-1-3-5-6;;;/h2-11,16H,1H2;1-5,7H;2*1H;/q2*-1;;;+2/p-2. The van der Waals surface area contributed by atoms with Gasteiger partial charge in [0.15, 0.2) is 0 Å². The number of rotatable bonds is 1. The van der Waals surface area contributed by atoms with Crippen LogP contribution in [0.4, 0.5) is 5.69 Å². The van der Waals surface area contributed by atoms with E-state index >= 15 is 0 Å². The van der Waals surface area contributed by atoms with Gasteiger partial charge in [-0.05, 0) is 17.0 Å². The Balaban J connectivity index is 0.000000542. The van der Waals surface area contributed by atoms with Crippen LogP contribution in [0, 0.1) is 6.92 Å². The average molecular weight is 416 g/mol. The molecule has 3 aromatic carbocycles. The molecular formula is C22H19Cl2NTi-2. The van der Waals surface area contributed by atoms with Gasteiger partial charge in [-0.3, -0.25) is 0 Å². The molecule has 0 aromatic heterocycles. The Kier molecular flexibility index (Phi) is 11.1. The fraction of sp³-hybridized carbons (Fsp3) is 0.0455. The van der Waals surface area contributed by atoms with Crippen LogP contribution in [0.5, 0.6) is 0 Å². The Morgan fingerprint density at radius 3 is 1.81 bits per heavy atom. The molecule has 0 spiro atoms. The minimum Gasteiger partial charge on any atom is -1.00 e. The molecule has 0 saturated carbocycles. The Morgan fingerprint density at radius 2 is 1.23 bits per heavy atom.